The van der Waals surface area contributed by atoms with Crippen molar-refractivity contribution < 1.29 is 19.1 Å². The van der Waals surface area contributed by atoms with Gasteiger partial charge >= 0.3 is 0 Å². The first kappa shape index (κ1) is 21.7. The topological polar surface area (TPSA) is 96.5 Å². The Hall–Kier alpha value is -2.57. The quantitative estimate of drug-likeness (QED) is 0.717. The van der Waals surface area contributed by atoms with Crippen LogP contribution in [0.15, 0.2) is 24.3 Å². The molecule has 1 aliphatic heterocycles. The molecule has 154 valence electrons. The van der Waals surface area contributed by atoms with E-state index in [1.807, 2.05) is 38.1 Å². The highest BCUT2D eigenvalue weighted by atomic mass is 16.5. The highest BCUT2D eigenvalue weighted by Gasteiger charge is 2.25. The van der Waals surface area contributed by atoms with Crippen LogP contribution in [0.1, 0.15) is 52.0 Å². The fourth-order valence-corrected chi connectivity index (χ4v) is 3.02. The highest BCUT2D eigenvalue weighted by Crippen LogP contribution is 2.16. The van der Waals surface area contributed by atoms with Crippen molar-refractivity contribution in [1.82, 2.24) is 16.0 Å². The van der Waals surface area contributed by atoms with Gasteiger partial charge in [0.2, 0.25) is 17.7 Å². The summed E-state index contributed by atoms with van der Waals surface area (Å²) in [4.78, 5) is 37.2. The van der Waals surface area contributed by atoms with Crippen molar-refractivity contribution in [3.05, 3.63) is 29.8 Å². The summed E-state index contributed by atoms with van der Waals surface area (Å²) in [6, 6.07) is 6.08. The Morgan fingerprint density at radius 3 is 2.71 bits per heavy atom. The maximum absolute atomic E-state index is 12.6. The molecule has 0 spiro atoms. The van der Waals surface area contributed by atoms with Crippen LogP contribution in [0.3, 0.4) is 0 Å². The van der Waals surface area contributed by atoms with E-state index in [1.54, 1.807) is 6.92 Å². The van der Waals surface area contributed by atoms with Crippen molar-refractivity contribution >= 4 is 17.7 Å². The number of hydrogen-bond donors (Lipinski definition) is 3. The van der Waals surface area contributed by atoms with Crippen molar-refractivity contribution in [1.29, 1.82) is 0 Å². The zero-order valence-corrected chi connectivity index (χ0v) is 16.9. The number of rotatable bonds is 2. The Morgan fingerprint density at radius 1 is 1.18 bits per heavy atom. The van der Waals surface area contributed by atoms with Crippen molar-refractivity contribution in [3.63, 3.8) is 0 Å². The summed E-state index contributed by atoms with van der Waals surface area (Å²) in [5, 5.41) is 8.33. The molecule has 7 nitrogen and oxygen atoms in total. The summed E-state index contributed by atoms with van der Waals surface area (Å²) >= 11 is 0. The van der Waals surface area contributed by atoms with Crippen LogP contribution in [0.5, 0.6) is 5.75 Å². The Morgan fingerprint density at radius 2 is 1.96 bits per heavy atom. The molecule has 1 heterocycles. The van der Waals surface area contributed by atoms with Gasteiger partial charge in [-0.15, -0.1) is 0 Å². The number of ether oxygens (including phenoxy) is 1. The molecule has 1 unspecified atom stereocenters. The van der Waals surface area contributed by atoms with Crippen molar-refractivity contribution in [2.45, 2.75) is 71.0 Å². The maximum atomic E-state index is 12.6. The molecule has 2 atom stereocenters. The molecule has 0 saturated carbocycles. The van der Waals surface area contributed by atoms with Crippen LogP contribution in [0.2, 0.25) is 0 Å². The summed E-state index contributed by atoms with van der Waals surface area (Å²) in [7, 11) is 0. The first-order valence-electron chi connectivity index (χ1n) is 9.97. The average Bonchev–Trinajstić information content (AvgIpc) is 2.63. The molecule has 2 bridgehead atoms. The van der Waals surface area contributed by atoms with Crippen LogP contribution in [0.4, 0.5) is 0 Å². The molecule has 3 N–H and O–H groups in total. The van der Waals surface area contributed by atoms with Gasteiger partial charge in [0.15, 0.2) is 0 Å². The minimum atomic E-state index is -0.739. The molecule has 7 heteroatoms. The predicted molar refractivity (Wildman–Crippen MR) is 107 cm³/mol. The average molecular weight is 389 g/mol. The monoisotopic (exact) mass is 389 g/mol. The van der Waals surface area contributed by atoms with Crippen LogP contribution >= 0.6 is 0 Å². The van der Waals surface area contributed by atoms with E-state index in [1.165, 1.54) is 0 Å². The lowest BCUT2D eigenvalue weighted by atomic mass is 10.0. The number of carbonyl (C=O) groups excluding carboxylic acids is 3. The smallest absolute Gasteiger partial charge is 0.243 e. The molecule has 1 aromatic carbocycles. The van der Waals surface area contributed by atoms with Gasteiger partial charge in [-0.3, -0.25) is 14.4 Å². The fraction of sp³-hybridized carbons (Fsp3) is 0.571. The molecule has 1 aliphatic rings. The molecule has 1 aromatic rings. The van der Waals surface area contributed by atoms with E-state index in [0.717, 1.165) is 30.6 Å². The number of nitrogens with one attached hydrogen (secondary N) is 3. The molecular formula is C21H31N3O4. The summed E-state index contributed by atoms with van der Waals surface area (Å²) in [5.41, 5.74) is 0.894. The largest absolute Gasteiger partial charge is 0.494 e. The van der Waals surface area contributed by atoms with E-state index in [9.17, 15) is 14.4 Å². The molecule has 2 rings (SSSR count). The minimum Gasteiger partial charge on any atom is -0.494 e. The minimum absolute atomic E-state index is 0.0449. The van der Waals surface area contributed by atoms with Gasteiger partial charge in [0.05, 0.1) is 6.61 Å². The van der Waals surface area contributed by atoms with Crippen LogP contribution in [-0.4, -0.2) is 42.5 Å². The van der Waals surface area contributed by atoms with Crippen LogP contribution in [-0.2, 0) is 20.8 Å². The van der Waals surface area contributed by atoms with Gasteiger partial charge in [-0.1, -0.05) is 12.1 Å². The lowest BCUT2D eigenvalue weighted by Gasteiger charge is -2.23. The number of hydrogen-bond acceptors (Lipinski definition) is 4. The Kier molecular flexibility index (Phi) is 8.29. The number of fused-ring (bicyclic) bond motifs is 2. The SMILES string of the molecule is CC(C)NC(=O)C1Cc2cccc(c2)OCCCCCC(=O)N[C@@H](C)C(=O)N1. The number of amides is 3. The van der Waals surface area contributed by atoms with E-state index in [4.69, 9.17) is 4.74 Å². The molecule has 0 aromatic heterocycles. The zero-order valence-electron chi connectivity index (χ0n) is 16.9. The van der Waals surface area contributed by atoms with Crippen LogP contribution < -0.4 is 20.7 Å². The zero-order chi connectivity index (χ0) is 20.5. The lowest BCUT2D eigenvalue weighted by Crippen LogP contribution is -2.54. The molecule has 0 fully saturated rings. The molecule has 0 aliphatic carbocycles. The third-order valence-corrected chi connectivity index (χ3v) is 4.49. The van der Waals surface area contributed by atoms with E-state index in [2.05, 4.69) is 16.0 Å². The van der Waals surface area contributed by atoms with Gasteiger partial charge in [0, 0.05) is 18.9 Å². The highest BCUT2D eigenvalue weighted by molar-refractivity contribution is 5.92. The van der Waals surface area contributed by atoms with Crippen LogP contribution in [0, 0.1) is 0 Å². The second kappa shape index (κ2) is 10.7. The van der Waals surface area contributed by atoms with Crippen LogP contribution in [0.25, 0.3) is 0 Å². The van der Waals surface area contributed by atoms with E-state index >= 15 is 0 Å². The molecular weight excluding hydrogens is 358 g/mol. The lowest BCUT2D eigenvalue weighted by molar-refractivity contribution is -0.132. The second-order valence-electron chi connectivity index (χ2n) is 7.52. The maximum Gasteiger partial charge on any atom is 0.243 e. The van der Waals surface area contributed by atoms with Gasteiger partial charge in [-0.05, 0) is 57.7 Å². The molecule has 0 saturated heterocycles. The van der Waals surface area contributed by atoms with Gasteiger partial charge in [0.25, 0.3) is 0 Å². The molecule has 0 radical (unpaired) electrons. The summed E-state index contributed by atoms with van der Waals surface area (Å²) in [6.45, 7) is 5.94. The number of carbonyl (C=O) groups is 3. The second-order valence-corrected chi connectivity index (χ2v) is 7.52. The van der Waals surface area contributed by atoms with Crippen molar-refractivity contribution in [3.8, 4) is 5.75 Å². The van der Waals surface area contributed by atoms with E-state index in [-0.39, 0.29) is 23.8 Å². The van der Waals surface area contributed by atoms with E-state index in [0.29, 0.717) is 19.4 Å². The van der Waals surface area contributed by atoms with Crippen molar-refractivity contribution in [2.75, 3.05) is 6.61 Å². The number of benzene rings is 1. The van der Waals surface area contributed by atoms with Gasteiger partial charge < -0.3 is 20.7 Å². The summed E-state index contributed by atoms with van der Waals surface area (Å²) in [6.07, 6.45) is 3.17. The van der Waals surface area contributed by atoms with Crippen molar-refractivity contribution in [2.24, 2.45) is 0 Å². The van der Waals surface area contributed by atoms with Gasteiger partial charge in [0.1, 0.15) is 17.8 Å². The molecule has 28 heavy (non-hydrogen) atoms. The Labute approximate surface area is 166 Å². The first-order valence-corrected chi connectivity index (χ1v) is 9.97. The van der Waals surface area contributed by atoms with Gasteiger partial charge in [-0.2, -0.15) is 0 Å². The third-order valence-electron chi connectivity index (χ3n) is 4.49. The summed E-state index contributed by atoms with van der Waals surface area (Å²) < 4.78 is 5.78. The van der Waals surface area contributed by atoms with E-state index < -0.39 is 12.1 Å². The summed E-state index contributed by atoms with van der Waals surface area (Å²) in [5.74, 6) is -0.0554. The first-order chi connectivity index (χ1) is 13.3. The molecule has 3 amide bonds. The predicted octanol–water partition coefficient (Wildman–Crippen LogP) is 1.70. The Balaban J connectivity index is 2.22. The third kappa shape index (κ3) is 7.21. The fourth-order valence-electron chi connectivity index (χ4n) is 3.02. The standard InChI is InChI=1S/C21H31N3O4/c1-14(2)22-21(27)18-13-16-8-7-9-17(12-16)28-11-6-4-5-10-19(25)23-15(3)20(26)24-18/h7-9,12,14-15,18H,4-6,10-11,13H2,1-3H3,(H,22,27)(H,23,25)(H,24,26)/t15-,18?/m0/s1. The Bertz CT molecular complexity index is 690. The van der Waals surface area contributed by atoms with Gasteiger partial charge in [-0.25, -0.2) is 0 Å². The normalized spacial score (nSPS) is 22.0.